The highest BCUT2D eigenvalue weighted by Crippen LogP contribution is 2.34. The van der Waals surface area contributed by atoms with Crippen LogP contribution in [-0.2, 0) is 24.4 Å². The highest BCUT2D eigenvalue weighted by molar-refractivity contribution is 5.92. The molecule has 3 heterocycles. The molecule has 1 aliphatic rings. The number of hydrogen-bond donors (Lipinski definition) is 0. The van der Waals surface area contributed by atoms with E-state index in [2.05, 4.69) is 58.6 Å². The Morgan fingerprint density at radius 3 is 2.71 bits per heavy atom. The van der Waals surface area contributed by atoms with E-state index >= 15 is 0 Å². The van der Waals surface area contributed by atoms with Crippen molar-refractivity contribution in [3.63, 3.8) is 0 Å². The second-order valence-corrected chi connectivity index (χ2v) is 6.52. The normalized spacial score (nSPS) is 14.2. The molecule has 0 radical (unpaired) electrons. The van der Waals surface area contributed by atoms with Gasteiger partial charge in [0.2, 0.25) is 0 Å². The SMILES string of the molecule is COCn1c(C)c(C)c2nccc(N3CCc4ccccc4C3)c21. The summed E-state index contributed by atoms with van der Waals surface area (Å²) in [5.41, 5.74) is 8.88. The Kier molecular flexibility index (Phi) is 3.77. The van der Waals surface area contributed by atoms with Crippen LogP contribution in [-0.4, -0.2) is 23.2 Å². The number of rotatable bonds is 3. The van der Waals surface area contributed by atoms with E-state index in [0.29, 0.717) is 6.73 Å². The molecule has 0 aliphatic carbocycles. The van der Waals surface area contributed by atoms with Crippen LogP contribution in [0.25, 0.3) is 11.0 Å². The van der Waals surface area contributed by atoms with Gasteiger partial charge in [-0.3, -0.25) is 4.98 Å². The summed E-state index contributed by atoms with van der Waals surface area (Å²) in [5.74, 6) is 0. The molecule has 0 bridgehead atoms. The summed E-state index contributed by atoms with van der Waals surface area (Å²) in [6, 6.07) is 10.9. The van der Waals surface area contributed by atoms with Crippen LogP contribution in [0.15, 0.2) is 36.5 Å². The topological polar surface area (TPSA) is 30.3 Å². The number of methoxy groups -OCH3 is 1. The standard InChI is InChI=1S/C20H23N3O/c1-14-15(2)23(13-24-3)20-18(8-10-21-19(14)20)22-11-9-16-6-4-5-7-17(16)12-22/h4-8,10H,9,11-13H2,1-3H3. The number of ether oxygens (including phenoxy) is 1. The summed E-state index contributed by atoms with van der Waals surface area (Å²) >= 11 is 0. The molecule has 4 rings (SSSR count). The molecule has 124 valence electrons. The van der Waals surface area contributed by atoms with E-state index in [-0.39, 0.29) is 0 Å². The quantitative estimate of drug-likeness (QED) is 0.734. The second-order valence-electron chi connectivity index (χ2n) is 6.52. The number of nitrogens with zero attached hydrogens (tertiary/aromatic N) is 3. The van der Waals surface area contributed by atoms with Gasteiger partial charge in [0, 0.05) is 32.1 Å². The maximum Gasteiger partial charge on any atom is 0.122 e. The first-order valence-electron chi connectivity index (χ1n) is 8.45. The van der Waals surface area contributed by atoms with Crippen LogP contribution in [0.2, 0.25) is 0 Å². The first-order chi connectivity index (χ1) is 11.7. The third-order valence-electron chi connectivity index (χ3n) is 5.21. The Labute approximate surface area is 142 Å². The lowest BCUT2D eigenvalue weighted by atomic mass is 9.99. The van der Waals surface area contributed by atoms with Crippen LogP contribution < -0.4 is 4.90 Å². The monoisotopic (exact) mass is 321 g/mol. The Morgan fingerprint density at radius 2 is 1.92 bits per heavy atom. The van der Waals surface area contributed by atoms with E-state index in [4.69, 9.17) is 4.74 Å². The van der Waals surface area contributed by atoms with Crippen molar-refractivity contribution in [2.24, 2.45) is 0 Å². The fourth-order valence-electron chi connectivity index (χ4n) is 3.77. The molecule has 1 aromatic carbocycles. The number of hydrogen-bond acceptors (Lipinski definition) is 3. The zero-order valence-corrected chi connectivity index (χ0v) is 14.5. The average molecular weight is 321 g/mol. The average Bonchev–Trinajstić information content (AvgIpc) is 2.87. The Balaban J connectivity index is 1.84. The van der Waals surface area contributed by atoms with Crippen molar-refractivity contribution in [1.82, 2.24) is 9.55 Å². The smallest absolute Gasteiger partial charge is 0.122 e. The molecule has 0 fully saturated rings. The van der Waals surface area contributed by atoms with E-state index in [1.165, 1.54) is 33.6 Å². The molecule has 0 saturated carbocycles. The van der Waals surface area contributed by atoms with Gasteiger partial charge in [0.15, 0.2) is 0 Å². The fraction of sp³-hybridized carbons (Fsp3) is 0.350. The maximum atomic E-state index is 5.45. The van der Waals surface area contributed by atoms with Crippen molar-refractivity contribution in [2.45, 2.75) is 33.5 Å². The molecule has 24 heavy (non-hydrogen) atoms. The molecular weight excluding hydrogens is 298 g/mol. The second kappa shape index (κ2) is 5.95. The number of fused-ring (bicyclic) bond motifs is 2. The van der Waals surface area contributed by atoms with Crippen LogP contribution >= 0.6 is 0 Å². The first-order valence-corrected chi connectivity index (χ1v) is 8.45. The summed E-state index contributed by atoms with van der Waals surface area (Å²) in [6.45, 7) is 6.83. The zero-order chi connectivity index (χ0) is 16.7. The van der Waals surface area contributed by atoms with Gasteiger partial charge in [0.05, 0.1) is 16.7 Å². The molecule has 4 nitrogen and oxygen atoms in total. The van der Waals surface area contributed by atoms with Gasteiger partial charge in [-0.2, -0.15) is 0 Å². The molecule has 3 aromatic rings. The molecule has 0 spiro atoms. The van der Waals surface area contributed by atoms with Gasteiger partial charge in [-0.05, 0) is 43.0 Å². The van der Waals surface area contributed by atoms with Crippen LogP contribution in [0.3, 0.4) is 0 Å². The Hall–Kier alpha value is -2.33. The highest BCUT2D eigenvalue weighted by Gasteiger charge is 2.22. The largest absolute Gasteiger partial charge is 0.365 e. The predicted octanol–water partition coefficient (Wildman–Crippen LogP) is 3.82. The molecule has 0 N–H and O–H groups in total. The molecular formula is C20H23N3O. The minimum atomic E-state index is 0.555. The minimum Gasteiger partial charge on any atom is -0.365 e. The molecule has 0 unspecified atom stereocenters. The summed E-state index contributed by atoms with van der Waals surface area (Å²) in [6.07, 6.45) is 3.02. The summed E-state index contributed by atoms with van der Waals surface area (Å²) in [7, 11) is 1.74. The van der Waals surface area contributed by atoms with E-state index in [9.17, 15) is 0 Å². The number of anilines is 1. The van der Waals surface area contributed by atoms with Crippen molar-refractivity contribution in [3.05, 3.63) is 58.9 Å². The van der Waals surface area contributed by atoms with Gasteiger partial charge >= 0.3 is 0 Å². The molecule has 4 heteroatoms. The Bertz CT molecular complexity index is 897. The van der Waals surface area contributed by atoms with Crippen molar-refractivity contribution in [2.75, 3.05) is 18.6 Å². The van der Waals surface area contributed by atoms with E-state index < -0.39 is 0 Å². The van der Waals surface area contributed by atoms with Gasteiger partial charge in [0.1, 0.15) is 6.73 Å². The zero-order valence-electron chi connectivity index (χ0n) is 14.5. The molecule has 0 saturated heterocycles. The van der Waals surface area contributed by atoms with Gasteiger partial charge < -0.3 is 14.2 Å². The van der Waals surface area contributed by atoms with Crippen LogP contribution in [0.1, 0.15) is 22.4 Å². The lowest BCUT2D eigenvalue weighted by molar-refractivity contribution is 0.133. The van der Waals surface area contributed by atoms with E-state index in [1.54, 1.807) is 7.11 Å². The van der Waals surface area contributed by atoms with Crippen molar-refractivity contribution in [3.8, 4) is 0 Å². The molecule has 0 atom stereocenters. The van der Waals surface area contributed by atoms with E-state index in [0.717, 1.165) is 25.0 Å². The van der Waals surface area contributed by atoms with Crippen LogP contribution in [0, 0.1) is 13.8 Å². The Morgan fingerprint density at radius 1 is 1.12 bits per heavy atom. The lowest BCUT2D eigenvalue weighted by Crippen LogP contribution is -2.30. The summed E-state index contributed by atoms with van der Waals surface area (Å²) in [5, 5.41) is 0. The number of aromatic nitrogens is 2. The van der Waals surface area contributed by atoms with Gasteiger partial charge in [-0.1, -0.05) is 24.3 Å². The van der Waals surface area contributed by atoms with Crippen LogP contribution in [0.5, 0.6) is 0 Å². The summed E-state index contributed by atoms with van der Waals surface area (Å²) in [4.78, 5) is 7.11. The van der Waals surface area contributed by atoms with Gasteiger partial charge in [-0.15, -0.1) is 0 Å². The van der Waals surface area contributed by atoms with Crippen molar-refractivity contribution in [1.29, 1.82) is 0 Å². The predicted molar refractivity (Wildman–Crippen MR) is 97.4 cm³/mol. The minimum absolute atomic E-state index is 0.555. The third kappa shape index (κ3) is 2.29. The lowest BCUT2D eigenvalue weighted by Gasteiger charge is -2.31. The highest BCUT2D eigenvalue weighted by atomic mass is 16.5. The third-order valence-corrected chi connectivity index (χ3v) is 5.21. The van der Waals surface area contributed by atoms with E-state index in [1.807, 2.05) is 6.20 Å². The summed E-state index contributed by atoms with van der Waals surface area (Å²) < 4.78 is 7.69. The molecule has 1 aliphatic heterocycles. The van der Waals surface area contributed by atoms with Gasteiger partial charge in [0.25, 0.3) is 0 Å². The van der Waals surface area contributed by atoms with Crippen LogP contribution in [0.4, 0.5) is 5.69 Å². The fourth-order valence-corrected chi connectivity index (χ4v) is 3.77. The maximum absolute atomic E-state index is 5.45. The molecule has 2 aromatic heterocycles. The van der Waals surface area contributed by atoms with Gasteiger partial charge in [-0.25, -0.2) is 0 Å². The number of pyridine rings is 1. The molecule has 0 amide bonds. The van der Waals surface area contributed by atoms with Crippen molar-refractivity contribution < 1.29 is 4.74 Å². The first kappa shape index (κ1) is 15.2. The van der Waals surface area contributed by atoms with Crippen molar-refractivity contribution >= 4 is 16.7 Å². The number of aryl methyl sites for hydroxylation is 1. The number of benzene rings is 1.